The Labute approximate surface area is 141 Å². The van der Waals surface area contributed by atoms with Crippen molar-refractivity contribution in [2.75, 3.05) is 13.1 Å². The number of aromatic amines is 1. The molecule has 1 fully saturated rings. The van der Waals surface area contributed by atoms with E-state index in [2.05, 4.69) is 9.97 Å². The lowest BCUT2D eigenvalue weighted by Gasteiger charge is -2.32. The summed E-state index contributed by atoms with van der Waals surface area (Å²) in [5, 5.41) is 0.729. The molecule has 1 amide bonds. The molecule has 1 aliphatic rings. The van der Waals surface area contributed by atoms with Gasteiger partial charge in [0.2, 0.25) is 5.91 Å². The van der Waals surface area contributed by atoms with Crippen molar-refractivity contribution in [3.8, 4) is 0 Å². The summed E-state index contributed by atoms with van der Waals surface area (Å²) < 4.78 is 0. The third kappa shape index (κ3) is 4.14. The average molecular weight is 332 g/mol. The maximum absolute atomic E-state index is 12.5. The molecule has 1 aromatic heterocycles. The lowest BCUT2D eigenvalue weighted by molar-refractivity contribution is -0.132. The molecule has 0 unspecified atom stereocenters. The van der Waals surface area contributed by atoms with E-state index in [1.807, 2.05) is 42.3 Å². The van der Waals surface area contributed by atoms with Crippen LogP contribution in [-0.4, -0.2) is 33.9 Å². The summed E-state index contributed by atoms with van der Waals surface area (Å²) in [4.78, 5) is 22.2. The van der Waals surface area contributed by atoms with Crippen LogP contribution < -0.4 is 0 Å². The minimum atomic E-state index is 0.230. The van der Waals surface area contributed by atoms with Crippen LogP contribution in [0, 0.1) is 6.92 Å². The number of hydrogen-bond acceptors (Lipinski definition) is 2. The monoisotopic (exact) mass is 331 g/mol. The van der Waals surface area contributed by atoms with Gasteiger partial charge in [-0.1, -0.05) is 23.7 Å². The number of hydrogen-bond donors (Lipinski definition) is 1. The number of nitrogens with one attached hydrogen (secondary N) is 1. The Kier molecular flexibility index (Phi) is 5.01. The van der Waals surface area contributed by atoms with Crippen molar-refractivity contribution in [1.29, 1.82) is 0 Å². The van der Waals surface area contributed by atoms with Crippen LogP contribution in [0.25, 0.3) is 0 Å². The highest BCUT2D eigenvalue weighted by Gasteiger charge is 2.26. The quantitative estimate of drug-likeness (QED) is 0.928. The van der Waals surface area contributed by atoms with Crippen molar-refractivity contribution in [3.63, 3.8) is 0 Å². The Hall–Kier alpha value is -1.81. The summed E-state index contributed by atoms with van der Waals surface area (Å²) >= 11 is 5.89. The minimum absolute atomic E-state index is 0.230. The van der Waals surface area contributed by atoms with Gasteiger partial charge in [0.15, 0.2) is 0 Å². The van der Waals surface area contributed by atoms with E-state index < -0.39 is 0 Å². The van der Waals surface area contributed by atoms with Crippen molar-refractivity contribution in [3.05, 3.63) is 52.6 Å². The maximum Gasteiger partial charge on any atom is 0.222 e. The average Bonchev–Trinajstić information content (AvgIpc) is 3.01. The van der Waals surface area contributed by atoms with Gasteiger partial charge in [0.05, 0.1) is 0 Å². The van der Waals surface area contributed by atoms with Gasteiger partial charge in [-0.2, -0.15) is 0 Å². The number of nitrogens with zero attached hydrogens (tertiary/aromatic N) is 2. The lowest BCUT2D eigenvalue weighted by Crippen LogP contribution is -2.39. The maximum atomic E-state index is 12.5. The molecular weight excluding hydrogens is 310 g/mol. The fourth-order valence-corrected chi connectivity index (χ4v) is 3.25. The molecule has 3 rings (SSSR count). The molecule has 122 valence electrons. The van der Waals surface area contributed by atoms with E-state index in [0.717, 1.165) is 54.5 Å². The van der Waals surface area contributed by atoms with E-state index in [4.69, 9.17) is 11.6 Å². The van der Waals surface area contributed by atoms with E-state index in [1.165, 1.54) is 0 Å². The second kappa shape index (κ2) is 7.18. The number of amides is 1. The van der Waals surface area contributed by atoms with Gasteiger partial charge in [0.25, 0.3) is 0 Å². The molecule has 23 heavy (non-hydrogen) atoms. The molecule has 1 atom stereocenters. The molecule has 2 heterocycles. The third-order valence-corrected chi connectivity index (χ3v) is 4.68. The van der Waals surface area contributed by atoms with Gasteiger partial charge < -0.3 is 9.88 Å². The van der Waals surface area contributed by atoms with Gasteiger partial charge >= 0.3 is 0 Å². The molecule has 0 radical (unpaired) electrons. The van der Waals surface area contributed by atoms with E-state index in [-0.39, 0.29) is 5.91 Å². The van der Waals surface area contributed by atoms with Gasteiger partial charge in [-0.15, -0.1) is 0 Å². The van der Waals surface area contributed by atoms with Gasteiger partial charge in [-0.05, 0) is 43.9 Å². The molecule has 5 heteroatoms. The molecule has 1 N–H and O–H groups in total. The normalized spacial score (nSPS) is 18.2. The Morgan fingerprint density at radius 1 is 1.39 bits per heavy atom. The molecule has 0 bridgehead atoms. The van der Waals surface area contributed by atoms with E-state index >= 15 is 0 Å². The van der Waals surface area contributed by atoms with E-state index in [9.17, 15) is 4.79 Å². The van der Waals surface area contributed by atoms with Crippen LogP contribution in [-0.2, 0) is 11.2 Å². The number of rotatable bonds is 4. The first-order valence-electron chi connectivity index (χ1n) is 8.15. The summed E-state index contributed by atoms with van der Waals surface area (Å²) in [5.41, 5.74) is 2.23. The molecule has 1 aromatic carbocycles. The summed E-state index contributed by atoms with van der Waals surface area (Å²) in [6.07, 6.45) is 5.30. The highest BCUT2D eigenvalue weighted by Crippen LogP contribution is 2.25. The van der Waals surface area contributed by atoms with Gasteiger partial charge in [-0.3, -0.25) is 4.79 Å². The molecule has 4 nitrogen and oxygen atoms in total. The molecule has 0 spiro atoms. The minimum Gasteiger partial charge on any atom is -0.346 e. The Balaban J connectivity index is 1.55. The van der Waals surface area contributed by atoms with Gasteiger partial charge in [-0.25, -0.2) is 4.98 Å². The molecule has 1 saturated heterocycles. The molecule has 0 aliphatic carbocycles. The zero-order chi connectivity index (χ0) is 16.2. The first-order valence-corrected chi connectivity index (χ1v) is 8.53. The van der Waals surface area contributed by atoms with Crippen molar-refractivity contribution < 1.29 is 4.79 Å². The third-order valence-electron chi connectivity index (χ3n) is 4.42. The predicted molar refractivity (Wildman–Crippen MR) is 91.7 cm³/mol. The Bertz CT molecular complexity index is 665. The van der Waals surface area contributed by atoms with Crippen molar-refractivity contribution >= 4 is 17.5 Å². The summed E-state index contributed by atoms with van der Waals surface area (Å²) in [6.45, 7) is 3.64. The SMILES string of the molecule is Cc1cnc([C@@H]2CCCN(C(=O)CCc3ccc(Cl)cc3)C2)[nH]1. The fraction of sp³-hybridized carbons (Fsp3) is 0.444. The first kappa shape index (κ1) is 16.1. The van der Waals surface area contributed by atoms with Crippen molar-refractivity contribution in [2.45, 2.75) is 38.5 Å². The zero-order valence-electron chi connectivity index (χ0n) is 13.4. The topological polar surface area (TPSA) is 49.0 Å². The lowest BCUT2D eigenvalue weighted by atomic mass is 9.97. The standard InChI is InChI=1S/C18H22ClN3O/c1-13-11-20-18(21-13)15-3-2-10-22(12-15)17(23)9-6-14-4-7-16(19)8-5-14/h4-5,7-8,11,15H,2-3,6,9-10,12H2,1H3,(H,20,21)/t15-/m1/s1. The summed E-state index contributed by atoms with van der Waals surface area (Å²) in [5.74, 6) is 1.57. The van der Waals surface area contributed by atoms with Crippen molar-refractivity contribution in [2.24, 2.45) is 0 Å². The second-order valence-corrected chi connectivity index (χ2v) is 6.69. The molecule has 1 aliphatic heterocycles. The fourth-order valence-electron chi connectivity index (χ4n) is 3.13. The number of piperidine rings is 1. The second-order valence-electron chi connectivity index (χ2n) is 6.26. The van der Waals surface area contributed by atoms with Crippen LogP contribution in [0.3, 0.4) is 0 Å². The number of aryl methyl sites for hydroxylation is 2. The number of imidazole rings is 1. The van der Waals surface area contributed by atoms with Crippen LogP contribution >= 0.6 is 11.6 Å². The number of halogens is 1. The van der Waals surface area contributed by atoms with E-state index in [1.54, 1.807) is 0 Å². The summed E-state index contributed by atoms with van der Waals surface area (Å²) in [6, 6.07) is 7.72. The predicted octanol–water partition coefficient (Wildman–Crippen LogP) is 3.71. The largest absolute Gasteiger partial charge is 0.346 e. The van der Waals surface area contributed by atoms with Crippen molar-refractivity contribution in [1.82, 2.24) is 14.9 Å². The van der Waals surface area contributed by atoms with Gasteiger partial charge in [0.1, 0.15) is 5.82 Å². The van der Waals surface area contributed by atoms with Crippen LogP contribution in [0.2, 0.25) is 5.02 Å². The smallest absolute Gasteiger partial charge is 0.222 e. The number of benzene rings is 1. The first-order chi connectivity index (χ1) is 11.1. The Morgan fingerprint density at radius 3 is 2.87 bits per heavy atom. The number of carbonyl (C=O) groups excluding carboxylic acids is 1. The van der Waals surface area contributed by atoms with Crippen LogP contribution in [0.4, 0.5) is 0 Å². The number of H-pyrrole nitrogens is 1. The highest BCUT2D eigenvalue weighted by molar-refractivity contribution is 6.30. The number of carbonyl (C=O) groups is 1. The highest BCUT2D eigenvalue weighted by atomic mass is 35.5. The van der Waals surface area contributed by atoms with Crippen LogP contribution in [0.1, 0.15) is 42.3 Å². The Morgan fingerprint density at radius 2 is 2.17 bits per heavy atom. The molecule has 0 saturated carbocycles. The van der Waals surface area contributed by atoms with Gasteiger partial charge in [0, 0.05) is 42.3 Å². The van der Waals surface area contributed by atoms with E-state index in [0.29, 0.717) is 12.3 Å². The summed E-state index contributed by atoms with van der Waals surface area (Å²) in [7, 11) is 0. The molecular formula is C18H22ClN3O. The van der Waals surface area contributed by atoms with Crippen LogP contribution in [0.15, 0.2) is 30.5 Å². The van der Waals surface area contributed by atoms with Crippen LogP contribution in [0.5, 0.6) is 0 Å². The number of aromatic nitrogens is 2. The number of likely N-dealkylation sites (tertiary alicyclic amines) is 1. The molecule has 2 aromatic rings. The zero-order valence-corrected chi connectivity index (χ0v) is 14.1.